The average molecular weight is 103 g/mol. The Hall–Kier alpha value is -0.120. The highest BCUT2D eigenvalue weighted by atomic mass is 16.3. The molecule has 0 saturated carbocycles. The second-order valence-corrected chi connectivity index (χ2v) is 1.47. The van der Waals surface area contributed by atoms with E-state index in [9.17, 15) is 5.11 Å². The molecule has 0 aromatic carbocycles. The van der Waals surface area contributed by atoms with Crippen molar-refractivity contribution in [3.8, 4) is 0 Å². The summed E-state index contributed by atoms with van der Waals surface area (Å²) in [6.07, 6.45) is 0.310. The molecular formula is C4H11N2O. The molecule has 1 radical (unpaired) electrons. The SMILES string of the molecule is NCCCC(N)[O]. The molecule has 0 saturated heterocycles. The van der Waals surface area contributed by atoms with E-state index in [4.69, 9.17) is 11.5 Å². The van der Waals surface area contributed by atoms with Crippen molar-refractivity contribution in [2.24, 2.45) is 11.5 Å². The Bertz CT molecular complexity index is 38.7. The topological polar surface area (TPSA) is 71.9 Å². The van der Waals surface area contributed by atoms with Gasteiger partial charge in [0.05, 0.1) is 0 Å². The van der Waals surface area contributed by atoms with Crippen molar-refractivity contribution in [3.63, 3.8) is 0 Å². The van der Waals surface area contributed by atoms with Crippen LogP contribution in [0.2, 0.25) is 0 Å². The Kier molecular flexibility index (Phi) is 3.98. The van der Waals surface area contributed by atoms with Crippen LogP contribution in [0.25, 0.3) is 0 Å². The zero-order chi connectivity index (χ0) is 5.70. The van der Waals surface area contributed by atoms with E-state index in [1.165, 1.54) is 0 Å². The molecule has 1 atom stereocenters. The molecule has 0 heterocycles. The van der Waals surface area contributed by atoms with Gasteiger partial charge in [-0.05, 0) is 19.4 Å². The molecule has 0 aliphatic heterocycles. The third-order valence-corrected chi connectivity index (χ3v) is 0.693. The van der Waals surface area contributed by atoms with Gasteiger partial charge < -0.3 is 11.5 Å². The lowest BCUT2D eigenvalue weighted by Gasteiger charge is -1.95. The van der Waals surface area contributed by atoms with Crippen LogP contribution in [0.15, 0.2) is 0 Å². The molecule has 0 aliphatic rings. The molecular weight excluding hydrogens is 92.1 g/mol. The fourth-order valence-corrected chi connectivity index (χ4v) is 0.319. The molecule has 43 valence electrons. The van der Waals surface area contributed by atoms with Crippen LogP contribution in [0.5, 0.6) is 0 Å². The fraction of sp³-hybridized carbons (Fsp3) is 1.00. The van der Waals surface area contributed by atoms with Gasteiger partial charge >= 0.3 is 0 Å². The molecule has 0 amide bonds. The van der Waals surface area contributed by atoms with E-state index in [1.54, 1.807) is 0 Å². The van der Waals surface area contributed by atoms with Crippen LogP contribution in [0.3, 0.4) is 0 Å². The summed E-state index contributed by atoms with van der Waals surface area (Å²) in [5, 5.41) is 10.0. The summed E-state index contributed by atoms with van der Waals surface area (Å²) in [7, 11) is 0. The van der Waals surface area contributed by atoms with Crippen molar-refractivity contribution >= 4 is 0 Å². The molecule has 0 spiro atoms. The summed E-state index contributed by atoms with van der Waals surface area (Å²) in [6, 6.07) is 0. The van der Waals surface area contributed by atoms with Crippen LogP contribution < -0.4 is 11.5 Å². The van der Waals surface area contributed by atoms with Gasteiger partial charge in [0.15, 0.2) is 0 Å². The molecule has 0 aromatic rings. The molecule has 7 heavy (non-hydrogen) atoms. The first-order valence-corrected chi connectivity index (χ1v) is 2.39. The first-order valence-electron chi connectivity index (χ1n) is 2.39. The first-order chi connectivity index (χ1) is 3.27. The zero-order valence-electron chi connectivity index (χ0n) is 4.26. The Morgan fingerprint density at radius 2 is 2.14 bits per heavy atom. The van der Waals surface area contributed by atoms with Gasteiger partial charge in [0, 0.05) is 0 Å². The van der Waals surface area contributed by atoms with Crippen molar-refractivity contribution in [1.82, 2.24) is 0 Å². The molecule has 0 aliphatic carbocycles. The molecule has 3 heteroatoms. The Labute approximate surface area is 43.3 Å². The van der Waals surface area contributed by atoms with Gasteiger partial charge in [-0.1, -0.05) is 0 Å². The van der Waals surface area contributed by atoms with E-state index in [0.29, 0.717) is 13.0 Å². The maximum Gasteiger partial charge on any atom is 0.141 e. The minimum Gasteiger partial charge on any atom is -0.330 e. The van der Waals surface area contributed by atoms with Gasteiger partial charge in [0.25, 0.3) is 0 Å². The van der Waals surface area contributed by atoms with E-state index >= 15 is 0 Å². The van der Waals surface area contributed by atoms with Gasteiger partial charge in [-0.3, -0.25) is 0 Å². The predicted octanol–water partition coefficient (Wildman–Crippen LogP) is -0.559. The predicted molar refractivity (Wildman–Crippen MR) is 27.0 cm³/mol. The summed E-state index contributed by atoms with van der Waals surface area (Å²) >= 11 is 0. The van der Waals surface area contributed by atoms with Crippen LogP contribution >= 0.6 is 0 Å². The lowest BCUT2D eigenvalue weighted by molar-refractivity contribution is 0.0859. The van der Waals surface area contributed by atoms with Crippen molar-refractivity contribution in [3.05, 3.63) is 0 Å². The largest absolute Gasteiger partial charge is 0.330 e. The van der Waals surface area contributed by atoms with Crippen molar-refractivity contribution in [1.29, 1.82) is 0 Å². The zero-order valence-corrected chi connectivity index (χ0v) is 4.26. The van der Waals surface area contributed by atoms with Gasteiger partial charge in [-0.2, -0.15) is 0 Å². The second-order valence-electron chi connectivity index (χ2n) is 1.47. The first kappa shape index (κ1) is 6.88. The van der Waals surface area contributed by atoms with Crippen molar-refractivity contribution in [2.75, 3.05) is 6.54 Å². The van der Waals surface area contributed by atoms with Gasteiger partial charge in [0.1, 0.15) is 6.23 Å². The van der Waals surface area contributed by atoms with Gasteiger partial charge in [-0.15, -0.1) is 0 Å². The van der Waals surface area contributed by atoms with Crippen LogP contribution in [0.1, 0.15) is 12.8 Å². The Balaban J connectivity index is 2.68. The minimum atomic E-state index is -0.927. The average Bonchev–Trinajstić information content (AvgIpc) is 1.61. The lowest BCUT2D eigenvalue weighted by Crippen LogP contribution is -2.17. The van der Waals surface area contributed by atoms with Crippen molar-refractivity contribution < 1.29 is 5.11 Å². The smallest absolute Gasteiger partial charge is 0.141 e. The Morgan fingerprint density at radius 3 is 2.29 bits per heavy atom. The minimum absolute atomic E-state index is 0.497. The molecule has 0 fully saturated rings. The highest BCUT2D eigenvalue weighted by molar-refractivity contribution is 4.44. The maximum atomic E-state index is 10.0. The van der Waals surface area contributed by atoms with Gasteiger partial charge in [0.2, 0.25) is 0 Å². The van der Waals surface area contributed by atoms with E-state index in [2.05, 4.69) is 0 Å². The number of hydrogen-bond donors (Lipinski definition) is 2. The normalized spacial score (nSPS) is 14.1. The summed E-state index contributed by atoms with van der Waals surface area (Å²) in [5.41, 5.74) is 9.95. The van der Waals surface area contributed by atoms with Crippen LogP contribution in [-0.4, -0.2) is 12.8 Å². The van der Waals surface area contributed by atoms with Gasteiger partial charge in [-0.25, -0.2) is 5.11 Å². The fourth-order valence-electron chi connectivity index (χ4n) is 0.319. The standard InChI is InChI=1S/C4H11N2O/c5-3-1-2-4(6)7/h4H,1-3,5-6H2. The molecule has 1 unspecified atom stereocenters. The van der Waals surface area contributed by atoms with E-state index in [-0.39, 0.29) is 0 Å². The molecule has 0 rings (SSSR count). The molecule has 4 N–H and O–H groups in total. The highest BCUT2D eigenvalue weighted by Crippen LogP contribution is 1.86. The number of rotatable bonds is 3. The third-order valence-electron chi connectivity index (χ3n) is 0.693. The van der Waals surface area contributed by atoms with Crippen LogP contribution in [0, 0.1) is 0 Å². The Morgan fingerprint density at radius 1 is 1.57 bits per heavy atom. The van der Waals surface area contributed by atoms with Crippen molar-refractivity contribution in [2.45, 2.75) is 19.1 Å². The number of nitrogens with two attached hydrogens (primary N) is 2. The summed E-state index contributed by atoms with van der Waals surface area (Å²) < 4.78 is 0. The van der Waals surface area contributed by atoms with E-state index in [0.717, 1.165) is 6.42 Å². The third kappa shape index (κ3) is 5.88. The highest BCUT2D eigenvalue weighted by Gasteiger charge is 1.93. The molecule has 3 nitrogen and oxygen atoms in total. The van der Waals surface area contributed by atoms with E-state index < -0.39 is 6.23 Å². The number of hydrogen-bond acceptors (Lipinski definition) is 2. The summed E-state index contributed by atoms with van der Waals surface area (Å²) in [6.45, 7) is 0.565. The lowest BCUT2D eigenvalue weighted by atomic mass is 10.3. The molecule has 0 bridgehead atoms. The monoisotopic (exact) mass is 103 g/mol. The maximum absolute atomic E-state index is 10.0. The summed E-state index contributed by atoms with van der Waals surface area (Å²) in [5.74, 6) is 0. The van der Waals surface area contributed by atoms with Crippen LogP contribution in [-0.2, 0) is 5.11 Å². The second kappa shape index (κ2) is 4.05. The van der Waals surface area contributed by atoms with E-state index in [1.807, 2.05) is 0 Å². The van der Waals surface area contributed by atoms with Crippen LogP contribution in [0.4, 0.5) is 0 Å². The summed E-state index contributed by atoms with van der Waals surface area (Å²) in [4.78, 5) is 0. The molecule has 0 aromatic heterocycles. The quantitative estimate of drug-likeness (QED) is 0.470.